The van der Waals surface area contributed by atoms with E-state index in [1.54, 1.807) is 18.3 Å². The van der Waals surface area contributed by atoms with E-state index >= 15 is 0 Å². The van der Waals surface area contributed by atoms with Crippen LogP contribution in [0.4, 0.5) is 11.4 Å². The molecule has 2 aromatic heterocycles. The largest absolute Gasteiger partial charge is 0.492 e. The SMILES string of the molecule is CCOc1cc(N2CCOCC2)c(OCC)cc1NC(=O)c1cccnc1SCc1cc(C)on1. The Morgan fingerprint density at radius 3 is 2.63 bits per heavy atom. The van der Waals surface area contributed by atoms with E-state index in [4.69, 9.17) is 18.7 Å². The number of ether oxygens (including phenoxy) is 3. The van der Waals surface area contributed by atoms with Crippen LogP contribution in [0.2, 0.25) is 0 Å². The van der Waals surface area contributed by atoms with Gasteiger partial charge in [0.25, 0.3) is 5.91 Å². The number of hydrogen-bond donors (Lipinski definition) is 1. The first-order valence-electron chi connectivity index (χ1n) is 11.7. The van der Waals surface area contributed by atoms with Crippen molar-refractivity contribution in [2.75, 3.05) is 49.7 Å². The van der Waals surface area contributed by atoms with Gasteiger partial charge in [0, 0.05) is 43.2 Å². The number of benzene rings is 1. The predicted octanol–water partition coefficient (Wildman–Crippen LogP) is 4.56. The lowest BCUT2D eigenvalue weighted by atomic mass is 10.2. The van der Waals surface area contributed by atoms with E-state index in [0.29, 0.717) is 60.0 Å². The average Bonchev–Trinajstić information content (AvgIpc) is 3.30. The fourth-order valence-corrected chi connectivity index (χ4v) is 4.61. The summed E-state index contributed by atoms with van der Waals surface area (Å²) in [5, 5.41) is 7.63. The summed E-state index contributed by atoms with van der Waals surface area (Å²) in [6.07, 6.45) is 1.67. The molecule has 0 spiro atoms. The summed E-state index contributed by atoms with van der Waals surface area (Å²) in [6.45, 7) is 9.50. The monoisotopic (exact) mass is 498 g/mol. The summed E-state index contributed by atoms with van der Waals surface area (Å²) in [6, 6.07) is 9.13. The summed E-state index contributed by atoms with van der Waals surface area (Å²) in [7, 11) is 0. The Labute approximate surface area is 209 Å². The topological polar surface area (TPSA) is 99.0 Å². The molecule has 1 N–H and O–H groups in total. The Balaban J connectivity index is 1.59. The van der Waals surface area contributed by atoms with Crippen molar-refractivity contribution in [3.63, 3.8) is 0 Å². The lowest BCUT2D eigenvalue weighted by Gasteiger charge is -2.31. The third-order valence-electron chi connectivity index (χ3n) is 5.31. The first kappa shape index (κ1) is 24.9. The summed E-state index contributed by atoms with van der Waals surface area (Å²) < 4.78 is 22.5. The maximum Gasteiger partial charge on any atom is 0.258 e. The molecule has 186 valence electrons. The number of aromatic nitrogens is 2. The lowest BCUT2D eigenvalue weighted by molar-refractivity contribution is 0.102. The number of morpholine rings is 1. The number of carbonyl (C=O) groups is 1. The van der Waals surface area contributed by atoms with Gasteiger partial charge in [0.05, 0.1) is 49.1 Å². The van der Waals surface area contributed by atoms with Gasteiger partial charge >= 0.3 is 0 Å². The Bertz CT molecular complexity index is 1150. The van der Waals surface area contributed by atoms with Crippen LogP contribution >= 0.6 is 11.8 Å². The summed E-state index contributed by atoms with van der Waals surface area (Å²) in [5.74, 6) is 2.28. The lowest BCUT2D eigenvalue weighted by Crippen LogP contribution is -2.36. The molecule has 0 bridgehead atoms. The molecule has 0 atom stereocenters. The van der Waals surface area contributed by atoms with E-state index in [9.17, 15) is 4.79 Å². The van der Waals surface area contributed by atoms with E-state index in [-0.39, 0.29) is 5.91 Å². The number of aryl methyl sites for hydroxylation is 1. The van der Waals surface area contributed by atoms with Crippen molar-refractivity contribution in [2.24, 2.45) is 0 Å². The van der Waals surface area contributed by atoms with Crippen LogP contribution in [0.3, 0.4) is 0 Å². The third-order valence-corrected chi connectivity index (χ3v) is 6.35. The van der Waals surface area contributed by atoms with Gasteiger partial charge in [0.2, 0.25) is 0 Å². The van der Waals surface area contributed by atoms with E-state index < -0.39 is 0 Å². The minimum absolute atomic E-state index is 0.278. The first-order chi connectivity index (χ1) is 17.1. The number of hydrogen-bond acceptors (Lipinski definition) is 9. The maximum absolute atomic E-state index is 13.3. The van der Waals surface area contributed by atoms with Gasteiger partial charge in [-0.3, -0.25) is 4.79 Å². The molecular weight excluding hydrogens is 468 g/mol. The molecule has 1 amide bonds. The first-order valence-corrected chi connectivity index (χ1v) is 12.6. The fourth-order valence-electron chi connectivity index (χ4n) is 3.74. The molecule has 3 heterocycles. The van der Waals surface area contributed by atoms with Gasteiger partial charge < -0.3 is 29.0 Å². The maximum atomic E-state index is 13.3. The van der Waals surface area contributed by atoms with Crippen molar-refractivity contribution in [3.05, 3.63) is 53.5 Å². The highest BCUT2D eigenvalue weighted by Gasteiger charge is 2.22. The van der Waals surface area contributed by atoms with Crippen LogP contribution in [0.5, 0.6) is 11.5 Å². The minimum Gasteiger partial charge on any atom is -0.492 e. The highest BCUT2D eigenvalue weighted by molar-refractivity contribution is 7.98. The fraction of sp³-hybridized carbons (Fsp3) is 0.400. The van der Waals surface area contributed by atoms with Crippen LogP contribution < -0.4 is 19.7 Å². The number of thioether (sulfide) groups is 1. The molecule has 10 heteroatoms. The van der Waals surface area contributed by atoms with Gasteiger partial charge in [-0.2, -0.15) is 0 Å². The van der Waals surface area contributed by atoms with Crippen LogP contribution in [-0.4, -0.2) is 55.6 Å². The molecule has 0 unspecified atom stereocenters. The Kier molecular flexibility index (Phi) is 8.49. The second kappa shape index (κ2) is 11.9. The molecule has 1 fully saturated rings. The van der Waals surface area contributed by atoms with Crippen LogP contribution in [0.25, 0.3) is 0 Å². The third kappa shape index (κ3) is 6.26. The zero-order valence-corrected chi connectivity index (χ0v) is 21.0. The molecule has 0 radical (unpaired) electrons. The molecule has 35 heavy (non-hydrogen) atoms. The van der Waals surface area contributed by atoms with Gasteiger partial charge in [-0.05, 0) is 32.9 Å². The number of amides is 1. The number of nitrogens with one attached hydrogen (secondary N) is 1. The van der Waals surface area contributed by atoms with Gasteiger partial charge in [0.15, 0.2) is 0 Å². The molecule has 1 aliphatic rings. The van der Waals surface area contributed by atoms with E-state index in [1.807, 2.05) is 39.0 Å². The van der Waals surface area contributed by atoms with Crippen LogP contribution in [0, 0.1) is 6.92 Å². The van der Waals surface area contributed by atoms with Crippen molar-refractivity contribution in [1.82, 2.24) is 10.1 Å². The van der Waals surface area contributed by atoms with Crippen molar-refractivity contribution in [3.8, 4) is 11.5 Å². The van der Waals surface area contributed by atoms with Gasteiger partial charge in [0.1, 0.15) is 22.3 Å². The van der Waals surface area contributed by atoms with E-state index in [2.05, 4.69) is 20.4 Å². The highest BCUT2D eigenvalue weighted by Crippen LogP contribution is 2.39. The molecule has 4 rings (SSSR count). The summed E-state index contributed by atoms with van der Waals surface area (Å²) in [5.41, 5.74) is 2.74. The number of carbonyl (C=O) groups excluding carboxylic acids is 1. The zero-order chi connectivity index (χ0) is 24.6. The molecule has 1 saturated heterocycles. The summed E-state index contributed by atoms with van der Waals surface area (Å²) >= 11 is 1.43. The second-order valence-electron chi connectivity index (χ2n) is 7.81. The normalized spacial score (nSPS) is 13.5. The van der Waals surface area contributed by atoms with E-state index in [1.165, 1.54) is 11.8 Å². The molecule has 3 aromatic rings. The Morgan fingerprint density at radius 2 is 1.91 bits per heavy atom. The van der Waals surface area contributed by atoms with Gasteiger partial charge in [-0.15, -0.1) is 0 Å². The van der Waals surface area contributed by atoms with Crippen molar-refractivity contribution < 1.29 is 23.5 Å². The predicted molar refractivity (Wildman–Crippen MR) is 135 cm³/mol. The molecule has 9 nitrogen and oxygen atoms in total. The summed E-state index contributed by atoms with van der Waals surface area (Å²) in [4.78, 5) is 20.0. The van der Waals surface area contributed by atoms with Crippen molar-refractivity contribution in [2.45, 2.75) is 31.6 Å². The van der Waals surface area contributed by atoms with Crippen LogP contribution in [0.1, 0.15) is 35.7 Å². The molecule has 1 aliphatic heterocycles. The smallest absolute Gasteiger partial charge is 0.258 e. The number of anilines is 2. The van der Waals surface area contributed by atoms with Gasteiger partial charge in [-0.25, -0.2) is 4.98 Å². The molecule has 1 aromatic carbocycles. The Morgan fingerprint density at radius 1 is 1.14 bits per heavy atom. The second-order valence-corrected chi connectivity index (χ2v) is 8.77. The number of rotatable bonds is 10. The van der Waals surface area contributed by atoms with Crippen molar-refractivity contribution in [1.29, 1.82) is 0 Å². The zero-order valence-electron chi connectivity index (χ0n) is 20.2. The molecule has 0 aliphatic carbocycles. The quantitative estimate of drug-likeness (QED) is 0.403. The average molecular weight is 499 g/mol. The standard InChI is InChI=1S/C25H30N4O5S/c1-4-32-22-15-21(29-9-11-31-12-10-29)23(33-5-2)14-20(22)27-24(30)19-7-6-8-26-25(19)35-16-18-13-17(3)34-28-18/h6-8,13-15H,4-5,9-12,16H2,1-3H3,(H,27,30). The minimum atomic E-state index is -0.278. The van der Waals surface area contributed by atoms with Crippen LogP contribution in [-0.2, 0) is 10.5 Å². The van der Waals surface area contributed by atoms with Crippen molar-refractivity contribution >= 4 is 29.0 Å². The number of nitrogens with zero attached hydrogens (tertiary/aromatic N) is 3. The molecule has 0 saturated carbocycles. The molecular formula is C25H30N4O5S. The van der Waals surface area contributed by atoms with E-state index in [0.717, 1.165) is 30.2 Å². The van der Waals surface area contributed by atoms with Crippen LogP contribution in [0.15, 0.2) is 46.1 Å². The number of pyridine rings is 1. The Hall–Kier alpha value is -3.24. The highest BCUT2D eigenvalue weighted by atomic mass is 32.2. The van der Waals surface area contributed by atoms with Gasteiger partial charge in [-0.1, -0.05) is 16.9 Å².